The van der Waals surface area contributed by atoms with Crippen LogP contribution in [0, 0.1) is 0 Å². The minimum absolute atomic E-state index is 0.0715. The van der Waals surface area contributed by atoms with E-state index in [1.54, 1.807) is 37.3 Å². The van der Waals surface area contributed by atoms with Gasteiger partial charge in [-0.1, -0.05) is 11.6 Å². The summed E-state index contributed by atoms with van der Waals surface area (Å²) >= 11 is 5.85. The lowest BCUT2D eigenvalue weighted by molar-refractivity contribution is 0.0480. The maximum absolute atomic E-state index is 12.6. The number of carbonyl (C=O) groups is 1. The molecule has 0 spiro atoms. The molecule has 1 unspecified atom stereocenters. The average molecular weight is 301 g/mol. The summed E-state index contributed by atoms with van der Waals surface area (Å²) in [5.41, 5.74) is 6.68. The van der Waals surface area contributed by atoms with Crippen molar-refractivity contribution in [1.29, 1.82) is 0 Å². The Hall–Kier alpha value is -1.30. The van der Waals surface area contributed by atoms with Gasteiger partial charge in [-0.15, -0.1) is 0 Å². The van der Waals surface area contributed by atoms with E-state index in [1.807, 2.05) is 6.92 Å². The molecule has 0 saturated carbocycles. The molecule has 2 N–H and O–H groups in total. The van der Waals surface area contributed by atoms with Gasteiger partial charge in [-0.25, -0.2) is 0 Å². The second-order valence-electron chi connectivity index (χ2n) is 4.53. The zero-order chi connectivity index (χ0) is 15.1. The van der Waals surface area contributed by atoms with Crippen molar-refractivity contribution in [3.05, 3.63) is 28.8 Å². The van der Waals surface area contributed by atoms with E-state index < -0.39 is 0 Å². The Labute approximate surface area is 124 Å². The monoisotopic (exact) mass is 300 g/mol. The molecule has 112 valence electrons. The van der Waals surface area contributed by atoms with E-state index >= 15 is 0 Å². The minimum atomic E-state index is -0.152. The van der Waals surface area contributed by atoms with Crippen molar-refractivity contribution in [1.82, 2.24) is 4.90 Å². The largest absolute Gasteiger partial charge is 0.398 e. The second-order valence-corrected chi connectivity index (χ2v) is 4.96. The van der Waals surface area contributed by atoms with Crippen LogP contribution in [0.25, 0.3) is 0 Å². The van der Waals surface area contributed by atoms with Crippen molar-refractivity contribution in [3.63, 3.8) is 0 Å². The van der Waals surface area contributed by atoms with Gasteiger partial charge in [-0.3, -0.25) is 4.79 Å². The number of nitrogen functional groups attached to an aromatic ring is 1. The molecule has 0 aromatic heterocycles. The molecular weight excluding hydrogens is 280 g/mol. The fourth-order valence-corrected chi connectivity index (χ4v) is 2.11. The van der Waals surface area contributed by atoms with Crippen molar-refractivity contribution in [2.24, 2.45) is 0 Å². The van der Waals surface area contributed by atoms with E-state index in [0.29, 0.717) is 36.0 Å². The molecule has 1 aromatic carbocycles. The zero-order valence-corrected chi connectivity index (χ0v) is 12.8. The van der Waals surface area contributed by atoms with Gasteiger partial charge in [0.2, 0.25) is 0 Å². The molecule has 0 saturated heterocycles. The van der Waals surface area contributed by atoms with Gasteiger partial charge in [0.05, 0.1) is 24.8 Å². The number of ether oxygens (including phenoxy) is 2. The third-order valence-electron chi connectivity index (χ3n) is 2.98. The van der Waals surface area contributed by atoms with Crippen LogP contribution in [0.1, 0.15) is 17.3 Å². The third kappa shape index (κ3) is 4.37. The molecule has 0 aliphatic heterocycles. The van der Waals surface area contributed by atoms with Crippen LogP contribution in [-0.4, -0.2) is 50.8 Å². The number of hydrogen-bond acceptors (Lipinski definition) is 4. The number of nitrogens with zero attached hydrogens (tertiary/aromatic N) is 1. The lowest BCUT2D eigenvalue weighted by atomic mass is 10.1. The summed E-state index contributed by atoms with van der Waals surface area (Å²) in [4.78, 5) is 14.3. The molecule has 20 heavy (non-hydrogen) atoms. The lowest BCUT2D eigenvalue weighted by Gasteiger charge is -2.29. The predicted molar refractivity (Wildman–Crippen MR) is 80.1 cm³/mol. The third-order valence-corrected chi connectivity index (χ3v) is 3.22. The minimum Gasteiger partial charge on any atom is -0.398 e. The van der Waals surface area contributed by atoms with Gasteiger partial charge in [0.1, 0.15) is 0 Å². The molecular formula is C14H21ClN2O3. The van der Waals surface area contributed by atoms with Gasteiger partial charge in [0.25, 0.3) is 5.91 Å². The van der Waals surface area contributed by atoms with Crippen molar-refractivity contribution in [2.75, 3.05) is 39.7 Å². The van der Waals surface area contributed by atoms with Crippen molar-refractivity contribution >= 4 is 23.2 Å². The number of benzene rings is 1. The Morgan fingerprint density at radius 3 is 2.65 bits per heavy atom. The highest BCUT2D eigenvalue weighted by atomic mass is 35.5. The predicted octanol–water partition coefficient (Wildman–Crippen LogP) is 2.05. The van der Waals surface area contributed by atoms with Crippen LogP contribution in [0.3, 0.4) is 0 Å². The topological polar surface area (TPSA) is 64.8 Å². The smallest absolute Gasteiger partial charge is 0.256 e. The fraction of sp³-hybridized carbons (Fsp3) is 0.500. The lowest BCUT2D eigenvalue weighted by Crippen LogP contribution is -2.43. The van der Waals surface area contributed by atoms with E-state index in [0.717, 1.165) is 0 Å². The van der Waals surface area contributed by atoms with Crippen molar-refractivity contribution in [2.45, 2.75) is 13.0 Å². The number of methoxy groups -OCH3 is 2. The highest BCUT2D eigenvalue weighted by molar-refractivity contribution is 6.31. The summed E-state index contributed by atoms with van der Waals surface area (Å²) in [5.74, 6) is -0.152. The Balaban J connectivity index is 2.96. The molecule has 5 nitrogen and oxygen atoms in total. The Morgan fingerprint density at radius 1 is 1.40 bits per heavy atom. The molecule has 0 bridgehead atoms. The van der Waals surface area contributed by atoms with E-state index in [4.69, 9.17) is 26.8 Å². The Bertz CT molecular complexity index is 454. The normalized spacial score (nSPS) is 12.2. The maximum atomic E-state index is 12.6. The van der Waals surface area contributed by atoms with Gasteiger partial charge in [-0.2, -0.15) is 0 Å². The molecule has 0 fully saturated rings. The van der Waals surface area contributed by atoms with E-state index in [1.165, 1.54) is 0 Å². The van der Waals surface area contributed by atoms with Crippen molar-refractivity contribution in [3.8, 4) is 0 Å². The Morgan fingerprint density at radius 2 is 2.10 bits per heavy atom. The van der Waals surface area contributed by atoms with Gasteiger partial charge >= 0.3 is 0 Å². The summed E-state index contributed by atoms with van der Waals surface area (Å²) in [7, 11) is 3.20. The van der Waals surface area contributed by atoms with Crippen LogP contribution in [0.4, 0.5) is 5.69 Å². The van der Waals surface area contributed by atoms with Crippen LogP contribution in [0.2, 0.25) is 5.02 Å². The number of anilines is 1. The summed E-state index contributed by atoms with van der Waals surface area (Å²) in [6, 6.07) is 4.79. The van der Waals surface area contributed by atoms with Gasteiger partial charge in [0.15, 0.2) is 0 Å². The van der Waals surface area contributed by atoms with Crippen LogP contribution >= 0.6 is 11.6 Å². The number of halogens is 1. The first-order valence-electron chi connectivity index (χ1n) is 6.35. The zero-order valence-electron chi connectivity index (χ0n) is 12.1. The fourth-order valence-electron chi connectivity index (χ4n) is 1.93. The van der Waals surface area contributed by atoms with E-state index in [9.17, 15) is 4.79 Å². The first kappa shape index (κ1) is 16.8. The number of hydrogen-bond donors (Lipinski definition) is 1. The molecule has 1 amide bonds. The molecule has 6 heteroatoms. The van der Waals surface area contributed by atoms with Gasteiger partial charge < -0.3 is 20.1 Å². The Kier molecular flexibility index (Phi) is 6.78. The van der Waals surface area contributed by atoms with E-state index in [-0.39, 0.29) is 11.9 Å². The molecule has 1 atom stereocenters. The first-order valence-corrected chi connectivity index (χ1v) is 6.73. The highest BCUT2D eigenvalue weighted by Crippen LogP contribution is 2.20. The standard InChI is InChI=1S/C14H21ClN2O3/c1-10(9-20-3)17(6-7-19-2)14(18)12-5-4-11(15)8-13(12)16/h4-5,8,10H,6-7,9,16H2,1-3H3. The summed E-state index contributed by atoms with van der Waals surface area (Å²) < 4.78 is 10.2. The number of carbonyl (C=O) groups excluding carboxylic acids is 1. The van der Waals surface area contributed by atoms with Crippen molar-refractivity contribution < 1.29 is 14.3 Å². The summed E-state index contributed by atoms with van der Waals surface area (Å²) in [6.45, 7) is 3.29. The van der Waals surface area contributed by atoms with E-state index in [2.05, 4.69) is 0 Å². The molecule has 1 rings (SSSR count). The molecule has 0 aliphatic carbocycles. The molecule has 0 heterocycles. The second kappa shape index (κ2) is 8.09. The molecule has 0 aliphatic rings. The van der Waals surface area contributed by atoms with Crippen LogP contribution in [-0.2, 0) is 9.47 Å². The quantitative estimate of drug-likeness (QED) is 0.783. The number of amides is 1. The number of nitrogens with two attached hydrogens (primary N) is 1. The summed E-state index contributed by atoms with van der Waals surface area (Å²) in [6.07, 6.45) is 0. The molecule has 0 radical (unpaired) electrons. The summed E-state index contributed by atoms with van der Waals surface area (Å²) in [5, 5.41) is 0.507. The van der Waals surface area contributed by atoms with Gasteiger partial charge in [-0.05, 0) is 25.1 Å². The highest BCUT2D eigenvalue weighted by Gasteiger charge is 2.22. The maximum Gasteiger partial charge on any atom is 0.256 e. The van der Waals surface area contributed by atoms with Crippen LogP contribution < -0.4 is 5.73 Å². The molecule has 1 aromatic rings. The van der Waals surface area contributed by atoms with Crippen LogP contribution in [0.5, 0.6) is 0 Å². The average Bonchev–Trinajstić information content (AvgIpc) is 2.39. The van der Waals surface area contributed by atoms with Gasteiger partial charge in [0, 0.05) is 31.5 Å². The first-order chi connectivity index (χ1) is 9.51. The SMILES string of the molecule is COCCN(C(=O)c1ccc(Cl)cc1N)C(C)COC. The number of rotatable bonds is 7. The van der Waals surface area contributed by atoms with Crippen LogP contribution in [0.15, 0.2) is 18.2 Å².